The Kier molecular flexibility index (Phi) is 5.90. The van der Waals surface area contributed by atoms with Crippen LogP contribution in [0.3, 0.4) is 0 Å². The Morgan fingerprint density at radius 2 is 1.95 bits per heavy atom. The van der Waals surface area contributed by atoms with Crippen molar-refractivity contribution in [3.8, 4) is 0 Å². The van der Waals surface area contributed by atoms with Crippen LogP contribution in [0.1, 0.15) is 19.0 Å². The van der Waals surface area contributed by atoms with Crippen LogP contribution in [0.15, 0.2) is 24.4 Å². The van der Waals surface area contributed by atoms with Gasteiger partial charge in [-0.15, -0.1) is 0 Å². The molecule has 0 N–H and O–H groups in total. The number of carbonyl (C=O) groups is 1. The third-order valence-corrected chi connectivity index (χ3v) is 5.41. The quantitative estimate of drug-likeness (QED) is 0.764. The number of carbonyl (C=O) groups excluding carboxylic acids is 1. The summed E-state index contributed by atoms with van der Waals surface area (Å²) in [6, 6.07) is 5.83. The fourth-order valence-electron chi connectivity index (χ4n) is 2.54. The van der Waals surface area contributed by atoms with Gasteiger partial charge in [0.2, 0.25) is 5.91 Å². The molecule has 22 heavy (non-hydrogen) atoms. The highest BCUT2D eigenvalue weighted by molar-refractivity contribution is 7.92. The van der Waals surface area contributed by atoms with Gasteiger partial charge < -0.3 is 4.90 Å². The molecule has 0 atom stereocenters. The molecule has 7 heteroatoms. The van der Waals surface area contributed by atoms with Gasteiger partial charge in [0.25, 0.3) is 0 Å². The van der Waals surface area contributed by atoms with Crippen LogP contribution < -0.4 is 0 Å². The predicted octanol–water partition coefficient (Wildman–Crippen LogP) is 0.551. The molecule has 1 fully saturated rings. The number of aromatic nitrogens is 1. The maximum atomic E-state index is 12.1. The van der Waals surface area contributed by atoms with Crippen LogP contribution in [0.25, 0.3) is 0 Å². The second-order valence-corrected chi connectivity index (χ2v) is 7.75. The van der Waals surface area contributed by atoms with Crippen molar-refractivity contribution < 1.29 is 13.2 Å². The van der Waals surface area contributed by atoms with Crippen molar-refractivity contribution in [2.75, 3.05) is 37.7 Å². The van der Waals surface area contributed by atoms with Crippen molar-refractivity contribution >= 4 is 15.7 Å². The minimum Gasteiger partial charge on any atom is -0.339 e. The zero-order valence-electron chi connectivity index (χ0n) is 12.9. The van der Waals surface area contributed by atoms with E-state index in [1.807, 2.05) is 18.2 Å². The molecule has 1 saturated heterocycles. The maximum Gasteiger partial charge on any atom is 0.237 e. The summed E-state index contributed by atoms with van der Waals surface area (Å²) in [6.07, 6.45) is 2.32. The van der Waals surface area contributed by atoms with Crippen LogP contribution in [0, 0.1) is 0 Å². The molecule has 1 aromatic heterocycles. The fourth-order valence-corrected chi connectivity index (χ4v) is 3.86. The Balaban J connectivity index is 1.80. The Labute approximate surface area is 132 Å². The molecule has 0 radical (unpaired) electrons. The summed E-state index contributed by atoms with van der Waals surface area (Å²) in [6.45, 7) is 5.21. The van der Waals surface area contributed by atoms with E-state index in [-0.39, 0.29) is 17.4 Å². The Morgan fingerprint density at radius 3 is 2.55 bits per heavy atom. The summed E-state index contributed by atoms with van der Waals surface area (Å²) >= 11 is 0. The van der Waals surface area contributed by atoms with Crippen LogP contribution in [-0.4, -0.2) is 66.8 Å². The van der Waals surface area contributed by atoms with E-state index in [2.05, 4.69) is 9.88 Å². The normalized spacial score (nSPS) is 16.7. The summed E-state index contributed by atoms with van der Waals surface area (Å²) in [5, 5.41) is 0. The van der Waals surface area contributed by atoms with E-state index < -0.39 is 9.84 Å². The average Bonchev–Trinajstić information content (AvgIpc) is 2.48. The van der Waals surface area contributed by atoms with E-state index in [0.29, 0.717) is 19.5 Å². The second kappa shape index (κ2) is 7.69. The number of rotatable bonds is 6. The van der Waals surface area contributed by atoms with Crippen LogP contribution >= 0.6 is 0 Å². The molecule has 0 bridgehead atoms. The van der Waals surface area contributed by atoms with E-state index in [0.717, 1.165) is 25.3 Å². The van der Waals surface area contributed by atoms with Crippen molar-refractivity contribution in [2.45, 2.75) is 19.9 Å². The van der Waals surface area contributed by atoms with Gasteiger partial charge in [0.1, 0.15) is 5.75 Å². The molecule has 1 amide bonds. The Bertz CT molecular complexity index is 581. The van der Waals surface area contributed by atoms with Crippen LogP contribution in [-0.2, 0) is 21.2 Å². The van der Waals surface area contributed by atoms with Crippen LogP contribution in [0.2, 0.25) is 0 Å². The van der Waals surface area contributed by atoms with Crippen molar-refractivity contribution in [1.82, 2.24) is 14.8 Å². The summed E-state index contributed by atoms with van der Waals surface area (Å²) in [5.74, 6) is -0.551. The maximum absolute atomic E-state index is 12.1. The second-order valence-electron chi connectivity index (χ2n) is 5.57. The van der Waals surface area contributed by atoms with Gasteiger partial charge >= 0.3 is 0 Å². The molecule has 6 nitrogen and oxygen atoms in total. The number of sulfone groups is 1. The largest absolute Gasteiger partial charge is 0.339 e. The molecule has 1 aliphatic heterocycles. The van der Waals surface area contributed by atoms with Gasteiger partial charge in [-0.25, -0.2) is 8.42 Å². The SMILES string of the molecule is CCCS(=O)(=O)CC(=O)N1CCN(Cc2ccccn2)CC1. The van der Waals surface area contributed by atoms with Crippen molar-refractivity contribution in [2.24, 2.45) is 0 Å². The predicted molar refractivity (Wildman–Crippen MR) is 85.0 cm³/mol. The number of nitrogens with zero attached hydrogens (tertiary/aromatic N) is 3. The first-order valence-electron chi connectivity index (χ1n) is 7.60. The molecule has 0 aliphatic carbocycles. The molecule has 0 saturated carbocycles. The highest BCUT2D eigenvalue weighted by Gasteiger charge is 2.25. The fraction of sp³-hybridized carbons (Fsp3) is 0.600. The van der Waals surface area contributed by atoms with Gasteiger partial charge in [-0.2, -0.15) is 0 Å². The van der Waals surface area contributed by atoms with Crippen molar-refractivity contribution in [1.29, 1.82) is 0 Å². The first kappa shape index (κ1) is 16.9. The molecule has 2 rings (SSSR count). The zero-order chi connectivity index (χ0) is 16.0. The Morgan fingerprint density at radius 1 is 1.23 bits per heavy atom. The third-order valence-electron chi connectivity index (χ3n) is 3.70. The van der Waals surface area contributed by atoms with E-state index in [1.54, 1.807) is 18.0 Å². The minimum absolute atomic E-state index is 0.0817. The van der Waals surface area contributed by atoms with Crippen LogP contribution in [0.4, 0.5) is 0 Å². The zero-order valence-corrected chi connectivity index (χ0v) is 13.8. The van der Waals surface area contributed by atoms with E-state index in [4.69, 9.17) is 0 Å². The number of amides is 1. The molecule has 1 aromatic rings. The summed E-state index contributed by atoms with van der Waals surface area (Å²) in [5.41, 5.74) is 1.01. The van der Waals surface area contributed by atoms with Gasteiger partial charge in [-0.1, -0.05) is 13.0 Å². The molecule has 2 heterocycles. The number of pyridine rings is 1. The van der Waals surface area contributed by atoms with Crippen LogP contribution in [0.5, 0.6) is 0 Å². The van der Waals surface area contributed by atoms with Gasteiger partial charge in [-0.05, 0) is 18.6 Å². The van der Waals surface area contributed by atoms with Gasteiger partial charge in [0.15, 0.2) is 9.84 Å². The molecule has 0 unspecified atom stereocenters. The molecule has 122 valence electrons. The number of hydrogen-bond donors (Lipinski definition) is 0. The lowest BCUT2D eigenvalue weighted by molar-refractivity contribution is -0.130. The average molecular weight is 325 g/mol. The highest BCUT2D eigenvalue weighted by atomic mass is 32.2. The smallest absolute Gasteiger partial charge is 0.237 e. The first-order valence-corrected chi connectivity index (χ1v) is 9.43. The number of hydrogen-bond acceptors (Lipinski definition) is 5. The van der Waals surface area contributed by atoms with Gasteiger partial charge in [0.05, 0.1) is 11.4 Å². The lowest BCUT2D eigenvalue weighted by Gasteiger charge is -2.34. The van der Waals surface area contributed by atoms with E-state index >= 15 is 0 Å². The molecule has 1 aliphatic rings. The third kappa shape index (κ3) is 5.06. The van der Waals surface area contributed by atoms with Crippen molar-refractivity contribution in [3.63, 3.8) is 0 Å². The van der Waals surface area contributed by atoms with Gasteiger partial charge in [-0.3, -0.25) is 14.7 Å². The highest BCUT2D eigenvalue weighted by Crippen LogP contribution is 2.08. The monoisotopic (exact) mass is 325 g/mol. The van der Waals surface area contributed by atoms with Gasteiger partial charge in [0, 0.05) is 38.9 Å². The lowest BCUT2D eigenvalue weighted by Crippen LogP contribution is -2.49. The number of piperazine rings is 1. The summed E-state index contributed by atoms with van der Waals surface area (Å²) < 4.78 is 23.4. The molecular formula is C15H23N3O3S. The van der Waals surface area contributed by atoms with E-state index in [9.17, 15) is 13.2 Å². The summed E-state index contributed by atoms with van der Waals surface area (Å²) in [4.78, 5) is 20.2. The Hall–Kier alpha value is -1.47. The van der Waals surface area contributed by atoms with Crippen molar-refractivity contribution in [3.05, 3.63) is 30.1 Å². The summed E-state index contributed by atoms with van der Waals surface area (Å²) in [7, 11) is -3.26. The standard InChI is InChI=1S/C15H23N3O3S/c1-2-11-22(20,21)13-15(19)18-9-7-17(8-10-18)12-14-5-3-4-6-16-14/h3-6H,2,7-13H2,1H3. The molecule has 0 spiro atoms. The first-order chi connectivity index (χ1) is 10.5. The molecular weight excluding hydrogens is 302 g/mol. The minimum atomic E-state index is -3.26. The lowest BCUT2D eigenvalue weighted by atomic mass is 10.2. The molecule has 0 aromatic carbocycles. The van der Waals surface area contributed by atoms with E-state index in [1.165, 1.54) is 0 Å². The topological polar surface area (TPSA) is 70.6 Å².